The lowest BCUT2D eigenvalue weighted by Gasteiger charge is -2.30. The van der Waals surface area contributed by atoms with Gasteiger partial charge in [0.2, 0.25) is 0 Å². The second-order valence-electron chi connectivity index (χ2n) is 7.33. The third-order valence-corrected chi connectivity index (χ3v) is 5.20. The van der Waals surface area contributed by atoms with Crippen molar-refractivity contribution in [2.75, 3.05) is 40.6 Å². The number of benzene rings is 2. The predicted octanol–water partition coefficient (Wildman–Crippen LogP) is 2.70. The Kier molecular flexibility index (Phi) is 6.82. The lowest BCUT2D eigenvalue weighted by Crippen LogP contribution is -2.34. The third-order valence-electron chi connectivity index (χ3n) is 5.20. The molecule has 0 unspecified atom stereocenters. The van der Waals surface area contributed by atoms with Gasteiger partial charge in [0.1, 0.15) is 19.0 Å². The highest BCUT2D eigenvalue weighted by Crippen LogP contribution is 2.42. The van der Waals surface area contributed by atoms with Crippen molar-refractivity contribution in [3.8, 4) is 11.5 Å². The number of aliphatic imine (C=N–C) groups is 2. The van der Waals surface area contributed by atoms with Crippen molar-refractivity contribution in [3.63, 3.8) is 0 Å². The van der Waals surface area contributed by atoms with Gasteiger partial charge in [-0.05, 0) is 17.7 Å². The van der Waals surface area contributed by atoms with Crippen LogP contribution in [0.3, 0.4) is 0 Å². The number of amidine groups is 1. The summed E-state index contributed by atoms with van der Waals surface area (Å²) in [5.74, 6) is 1.60. The summed E-state index contributed by atoms with van der Waals surface area (Å²) in [6, 6.07) is 6.60. The lowest BCUT2D eigenvalue weighted by atomic mass is 10.0. The molecule has 2 aromatic carbocycles. The molecule has 0 saturated carbocycles. The molecule has 1 N–H and O–H groups in total. The van der Waals surface area contributed by atoms with E-state index in [1.54, 1.807) is 43.7 Å². The number of aliphatic hydroxyl groups is 1. The normalized spacial score (nSPS) is 13.7. The van der Waals surface area contributed by atoms with E-state index in [4.69, 9.17) is 23.9 Å². The van der Waals surface area contributed by atoms with Crippen LogP contribution < -0.4 is 9.47 Å². The van der Waals surface area contributed by atoms with Crippen LogP contribution >= 0.6 is 0 Å². The SMILES string of the molecule is COCCOc1cc2c(cc1OCCOC)C1=Nc3cc(CO)cc([N+](=O)[O-])c3CN1C=N2. The molecule has 0 saturated heterocycles. The quantitative estimate of drug-likeness (QED) is 0.328. The monoisotopic (exact) mass is 456 g/mol. The van der Waals surface area contributed by atoms with Crippen LogP contribution in [0.1, 0.15) is 16.7 Å². The van der Waals surface area contributed by atoms with Crippen molar-refractivity contribution < 1.29 is 29.0 Å². The molecule has 11 heteroatoms. The van der Waals surface area contributed by atoms with Gasteiger partial charge in [0, 0.05) is 31.9 Å². The van der Waals surface area contributed by atoms with E-state index >= 15 is 0 Å². The summed E-state index contributed by atoms with van der Waals surface area (Å²) in [7, 11) is 3.18. The summed E-state index contributed by atoms with van der Waals surface area (Å²) in [5.41, 5.74) is 2.59. The molecule has 174 valence electrons. The Morgan fingerprint density at radius 3 is 2.36 bits per heavy atom. The molecule has 0 atom stereocenters. The molecule has 11 nitrogen and oxygen atoms in total. The van der Waals surface area contributed by atoms with Crippen LogP contribution in [-0.2, 0) is 22.6 Å². The van der Waals surface area contributed by atoms with Crippen molar-refractivity contribution >= 4 is 29.2 Å². The first-order valence-corrected chi connectivity index (χ1v) is 10.3. The standard InChI is InChI=1S/C22H24N4O7/c1-30-3-5-32-20-9-15-17(10-21(20)33-6-4-31-2)23-13-25-11-16-18(24-22(15)25)7-14(12-27)8-19(16)26(28)29/h7-10,13,27H,3-6,11-12H2,1-2H3. The van der Waals surface area contributed by atoms with E-state index in [-0.39, 0.29) is 18.8 Å². The van der Waals surface area contributed by atoms with E-state index in [0.717, 1.165) is 0 Å². The third kappa shape index (κ3) is 4.65. The van der Waals surface area contributed by atoms with Crippen molar-refractivity contribution in [2.24, 2.45) is 9.98 Å². The number of fused-ring (bicyclic) bond motifs is 4. The van der Waals surface area contributed by atoms with Gasteiger partial charge >= 0.3 is 0 Å². The first kappa shape index (κ1) is 22.6. The molecule has 0 fully saturated rings. The maximum absolute atomic E-state index is 11.6. The summed E-state index contributed by atoms with van der Waals surface area (Å²) in [6.07, 6.45) is 1.60. The molecule has 4 rings (SSSR count). The maximum Gasteiger partial charge on any atom is 0.276 e. The highest BCUT2D eigenvalue weighted by molar-refractivity contribution is 6.13. The second-order valence-corrected chi connectivity index (χ2v) is 7.33. The van der Waals surface area contributed by atoms with E-state index in [2.05, 4.69) is 4.99 Å². The Labute approximate surface area is 190 Å². The molecule has 0 radical (unpaired) electrons. The van der Waals surface area contributed by atoms with Crippen LogP contribution in [0.5, 0.6) is 11.5 Å². The maximum atomic E-state index is 11.6. The molecular weight excluding hydrogens is 432 g/mol. The summed E-state index contributed by atoms with van der Waals surface area (Å²) < 4.78 is 21.8. The number of nitro groups is 1. The average molecular weight is 456 g/mol. The second kappa shape index (κ2) is 9.94. The molecule has 2 aliphatic heterocycles. The summed E-state index contributed by atoms with van der Waals surface area (Å²) in [5, 5.41) is 21.1. The smallest absolute Gasteiger partial charge is 0.276 e. The zero-order chi connectivity index (χ0) is 23.4. The van der Waals surface area contributed by atoms with Gasteiger partial charge in [-0.15, -0.1) is 0 Å². The zero-order valence-corrected chi connectivity index (χ0v) is 18.3. The number of hydrogen-bond acceptors (Lipinski definition) is 10. The number of ether oxygens (including phenoxy) is 4. The number of methoxy groups -OCH3 is 2. The number of nitro benzene ring substituents is 1. The predicted molar refractivity (Wildman–Crippen MR) is 120 cm³/mol. The Morgan fingerprint density at radius 2 is 1.73 bits per heavy atom. The average Bonchev–Trinajstić information content (AvgIpc) is 2.82. The molecule has 0 amide bonds. The van der Waals surface area contributed by atoms with Gasteiger partial charge < -0.3 is 29.0 Å². The van der Waals surface area contributed by atoms with Gasteiger partial charge in [0.15, 0.2) is 11.5 Å². The Hall–Kier alpha value is -3.54. The molecule has 33 heavy (non-hydrogen) atoms. The van der Waals surface area contributed by atoms with Gasteiger partial charge in [-0.2, -0.15) is 0 Å². The first-order chi connectivity index (χ1) is 16.0. The highest BCUT2D eigenvalue weighted by Gasteiger charge is 2.31. The van der Waals surface area contributed by atoms with Crippen molar-refractivity contribution in [1.29, 1.82) is 0 Å². The first-order valence-electron chi connectivity index (χ1n) is 10.3. The molecule has 2 aliphatic rings. The van der Waals surface area contributed by atoms with Crippen molar-refractivity contribution in [3.05, 3.63) is 51.1 Å². The van der Waals surface area contributed by atoms with Crippen LogP contribution in [0.2, 0.25) is 0 Å². The topological polar surface area (TPSA) is 128 Å². The van der Waals surface area contributed by atoms with Gasteiger partial charge in [-0.25, -0.2) is 9.98 Å². The molecule has 0 bridgehead atoms. The van der Waals surface area contributed by atoms with Crippen molar-refractivity contribution in [1.82, 2.24) is 4.90 Å². The molecule has 0 aromatic heterocycles. The molecule has 2 aromatic rings. The fourth-order valence-corrected chi connectivity index (χ4v) is 3.61. The number of aliphatic hydroxyl groups excluding tert-OH is 1. The van der Waals surface area contributed by atoms with E-state index in [9.17, 15) is 15.2 Å². The Balaban J connectivity index is 1.77. The van der Waals surface area contributed by atoms with E-state index in [1.807, 2.05) is 0 Å². The van der Waals surface area contributed by atoms with Crippen LogP contribution in [-0.4, -0.2) is 67.8 Å². The van der Waals surface area contributed by atoms with Crippen LogP contribution in [0.4, 0.5) is 17.1 Å². The van der Waals surface area contributed by atoms with E-state index in [0.29, 0.717) is 71.8 Å². The van der Waals surface area contributed by atoms with Crippen molar-refractivity contribution in [2.45, 2.75) is 13.2 Å². The summed E-state index contributed by atoms with van der Waals surface area (Å²) in [4.78, 5) is 22.1. The van der Waals surface area contributed by atoms with Crippen LogP contribution in [0, 0.1) is 10.1 Å². The summed E-state index contributed by atoms with van der Waals surface area (Å²) >= 11 is 0. The number of rotatable bonds is 10. The zero-order valence-electron chi connectivity index (χ0n) is 18.3. The molecule has 0 aliphatic carbocycles. The van der Waals surface area contributed by atoms with E-state index in [1.165, 1.54) is 6.07 Å². The molecule has 2 heterocycles. The fraction of sp³-hybridized carbons (Fsp3) is 0.364. The van der Waals surface area contributed by atoms with Gasteiger partial charge in [-0.3, -0.25) is 10.1 Å². The Bertz CT molecular complexity index is 1120. The minimum atomic E-state index is -0.459. The summed E-state index contributed by atoms with van der Waals surface area (Å²) in [6.45, 7) is 1.39. The fourth-order valence-electron chi connectivity index (χ4n) is 3.61. The van der Waals surface area contributed by atoms with E-state index < -0.39 is 4.92 Å². The molecule has 0 spiro atoms. The lowest BCUT2D eigenvalue weighted by molar-refractivity contribution is -0.385. The van der Waals surface area contributed by atoms with Crippen LogP contribution in [0.15, 0.2) is 34.3 Å². The minimum absolute atomic E-state index is 0.0796. The minimum Gasteiger partial charge on any atom is -0.487 e. The number of hydrogen-bond donors (Lipinski definition) is 1. The Morgan fingerprint density at radius 1 is 1.03 bits per heavy atom. The highest BCUT2D eigenvalue weighted by atomic mass is 16.6. The van der Waals surface area contributed by atoms with Gasteiger partial charge in [0.25, 0.3) is 5.69 Å². The van der Waals surface area contributed by atoms with Gasteiger partial charge in [-0.1, -0.05) is 0 Å². The molecular formula is C22H24N4O7. The number of nitrogens with zero attached hydrogens (tertiary/aromatic N) is 4. The largest absolute Gasteiger partial charge is 0.487 e. The van der Waals surface area contributed by atoms with Gasteiger partial charge in [0.05, 0.1) is 54.6 Å². The van der Waals surface area contributed by atoms with Crippen LogP contribution in [0.25, 0.3) is 0 Å².